The molecule has 5 atom stereocenters. The number of fused-ring (bicyclic) bond motifs is 5. The van der Waals surface area contributed by atoms with Gasteiger partial charge in [-0.25, -0.2) is 22.6 Å². The highest BCUT2D eigenvalue weighted by Gasteiger charge is 2.62. The topological polar surface area (TPSA) is 186 Å². The van der Waals surface area contributed by atoms with Crippen molar-refractivity contribution in [3.05, 3.63) is 72.6 Å². The molecule has 3 N–H and O–H groups in total. The Hall–Kier alpha value is -5.51. The predicted molar refractivity (Wildman–Crippen MR) is 202 cm³/mol. The first-order valence-electron chi connectivity index (χ1n) is 18.9. The van der Waals surface area contributed by atoms with E-state index in [0.717, 1.165) is 12.8 Å². The van der Waals surface area contributed by atoms with Gasteiger partial charge in [0.1, 0.15) is 40.6 Å². The van der Waals surface area contributed by atoms with Gasteiger partial charge in [-0.15, -0.1) is 0 Å². The van der Waals surface area contributed by atoms with Gasteiger partial charge in [-0.1, -0.05) is 49.3 Å². The van der Waals surface area contributed by atoms with Crippen LogP contribution in [0.2, 0.25) is 0 Å². The first-order valence-corrected chi connectivity index (χ1v) is 20.5. The molecule has 1 saturated heterocycles. The summed E-state index contributed by atoms with van der Waals surface area (Å²) in [5.74, 6) is -2.80. The molecule has 2 aromatic carbocycles. The van der Waals surface area contributed by atoms with Gasteiger partial charge in [0.15, 0.2) is 11.3 Å². The minimum atomic E-state index is -3.92. The van der Waals surface area contributed by atoms with E-state index in [4.69, 9.17) is 18.9 Å². The average molecular weight is 788 g/mol. The number of sulfonamides is 1. The number of carbonyl (C=O) groups is 4. The highest BCUT2D eigenvalue weighted by molar-refractivity contribution is 7.91. The van der Waals surface area contributed by atoms with Gasteiger partial charge in [-0.2, -0.15) is 0 Å². The summed E-state index contributed by atoms with van der Waals surface area (Å²) < 4.78 is 60.7. The predicted octanol–water partition coefficient (Wildman–Crippen LogP) is 4.86. The van der Waals surface area contributed by atoms with Crippen LogP contribution in [0.3, 0.4) is 0 Å². The van der Waals surface area contributed by atoms with E-state index in [-0.39, 0.29) is 48.4 Å². The van der Waals surface area contributed by atoms with Crippen molar-refractivity contribution < 1.29 is 45.9 Å². The normalized spacial score (nSPS) is 25.7. The zero-order valence-corrected chi connectivity index (χ0v) is 31.5. The van der Waals surface area contributed by atoms with Crippen LogP contribution in [-0.2, 0) is 29.1 Å². The molecule has 294 valence electrons. The maximum Gasteiger partial charge on any atom is 0.407 e. The van der Waals surface area contributed by atoms with E-state index in [1.54, 1.807) is 30.3 Å². The first kappa shape index (κ1) is 37.4. The lowest BCUT2D eigenvalue weighted by Crippen LogP contribution is -2.58. The number of nitrogens with one attached hydrogen (secondary N) is 3. The molecule has 0 unspecified atom stereocenters. The van der Waals surface area contributed by atoms with Gasteiger partial charge in [0.2, 0.25) is 21.8 Å². The van der Waals surface area contributed by atoms with Crippen LogP contribution < -0.4 is 20.1 Å². The quantitative estimate of drug-likeness (QED) is 0.219. The molecule has 0 spiro atoms. The van der Waals surface area contributed by atoms with E-state index in [9.17, 15) is 27.6 Å². The molecule has 16 heteroatoms. The Kier molecular flexibility index (Phi) is 9.93. The minimum absolute atomic E-state index is 0.0415. The lowest BCUT2D eigenvalue weighted by atomic mass is 10.1. The molecule has 0 radical (unpaired) electrons. The number of rotatable bonds is 7. The zero-order valence-electron chi connectivity index (χ0n) is 30.7. The van der Waals surface area contributed by atoms with E-state index in [1.165, 1.54) is 18.1 Å². The van der Waals surface area contributed by atoms with Gasteiger partial charge in [0.05, 0.1) is 24.6 Å². The van der Waals surface area contributed by atoms with E-state index in [0.29, 0.717) is 42.2 Å². The van der Waals surface area contributed by atoms with E-state index < -0.39 is 74.5 Å². The van der Waals surface area contributed by atoms with Crippen molar-refractivity contribution in [3.63, 3.8) is 0 Å². The summed E-state index contributed by atoms with van der Waals surface area (Å²) in [6.07, 6.45) is 6.20. The minimum Gasteiger partial charge on any atom is -0.484 e. The molecule has 2 aliphatic heterocycles. The number of benzene rings is 2. The summed E-state index contributed by atoms with van der Waals surface area (Å²) in [7, 11) is -2.73. The van der Waals surface area contributed by atoms with Crippen LogP contribution in [0.15, 0.2) is 71.2 Å². The molecule has 4 aliphatic rings. The Morgan fingerprint density at radius 1 is 1.05 bits per heavy atom. The molecule has 0 bridgehead atoms. The number of allylic oxidation sites excluding steroid dienone is 1. The zero-order chi connectivity index (χ0) is 39.2. The highest BCUT2D eigenvalue weighted by Crippen LogP contribution is 2.46. The number of aromatic nitrogens is 1. The SMILES string of the molecule is COC(=O)N[C@H]1CCCCCC=C[C@@H]2C[C@@]2(C(=O)NS(=O)(=O)C2CC2)NC(=O)[C@@H]2C[C@@H](Oc3cc(-c4ccccc4F)nc4c3oc3ccccc34)CN2C1=O. The number of para-hydroxylation sites is 1. The maximum absolute atomic E-state index is 15.1. The molecule has 8 rings (SSSR count). The van der Waals surface area contributed by atoms with E-state index in [1.807, 2.05) is 30.4 Å². The van der Waals surface area contributed by atoms with Crippen molar-refractivity contribution in [2.24, 2.45) is 5.92 Å². The molecule has 2 saturated carbocycles. The third-order valence-corrected chi connectivity index (χ3v) is 12.9. The molecule has 2 aliphatic carbocycles. The summed E-state index contributed by atoms with van der Waals surface area (Å²) in [6.45, 7) is -0.103. The molecular weight excluding hydrogens is 746 g/mol. The van der Waals surface area contributed by atoms with Crippen LogP contribution >= 0.6 is 0 Å². The Bertz CT molecular complexity index is 2360. The molecular formula is C40H42FN5O9S. The number of ether oxygens (including phenoxy) is 2. The van der Waals surface area contributed by atoms with Crippen LogP contribution in [0.4, 0.5) is 9.18 Å². The molecule has 4 aromatic rings. The second kappa shape index (κ2) is 14.9. The van der Waals surface area contributed by atoms with Crippen molar-refractivity contribution in [1.82, 2.24) is 25.2 Å². The number of nitrogens with zero attached hydrogens (tertiary/aromatic N) is 2. The van der Waals surface area contributed by atoms with Crippen molar-refractivity contribution >= 4 is 55.9 Å². The van der Waals surface area contributed by atoms with Gasteiger partial charge < -0.3 is 29.4 Å². The Morgan fingerprint density at radius 3 is 2.62 bits per heavy atom. The lowest BCUT2D eigenvalue weighted by molar-refractivity contribution is -0.141. The Balaban J connectivity index is 1.15. The Morgan fingerprint density at radius 2 is 1.84 bits per heavy atom. The van der Waals surface area contributed by atoms with Crippen LogP contribution in [0.5, 0.6) is 5.75 Å². The number of hydrogen-bond acceptors (Lipinski definition) is 10. The molecule has 56 heavy (non-hydrogen) atoms. The number of furan rings is 1. The number of amides is 4. The molecule has 2 aromatic heterocycles. The summed E-state index contributed by atoms with van der Waals surface area (Å²) >= 11 is 0. The van der Waals surface area contributed by atoms with Gasteiger partial charge in [-0.3, -0.25) is 19.1 Å². The summed E-state index contributed by atoms with van der Waals surface area (Å²) in [5, 5.41) is 5.50. The van der Waals surface area contributed by atoms with Crippen molar-refractivity contribution in [3.8, 4) is 17.0 Å². The molecule has 3 fully saturated rings. The van der Waals surface area contributed by atoms with Crippen LogP contribution in [0, 0.1) is 11.7 Å². The smallest absolute Gasteiger partial charge is 0.407 e. The fraction of sp³-hybridized carbons (Fsp3) is 0.425. The second-order valence-electron chi connectivity index (χ2n) is 14.9. The fourth-order valence-electron chi connectivity index (χ4n) is 7.77. The van der Waals surface area contributed by atoms with Gasteiger partial charge in [0, 0.05) is 29.4 Å². The number of hydrogen-bond donors (Lipinski definition) is 3. The molecule has 4 amide bonds. The monoisotopic (exact) mass is 787 g/mol. The first-order chi connectivity index (χ1) is 27.0. The summed E-state index contributed by atoms with van der Waals surface area (Å²) in [4.78, 5) is 61.1. The van der Waals surface area contributed by atoms with Crippen molar-refractivity contribution in [1.29, 1.82) is 0 Å². The number of halogens is 1. The van der Waals surface area contributed by atoms with Crippen LogP contribution in [0.1, 0.15) is 57.8 Å². The number of alkyl carbamates (subject to hydrolysis) is 1. The largest absolute Gasteiger partial charge is 0.484 e. The van der Waals surface area contributed by atoms with Crippen LogP contribution in [-0.4, -0.2) is 84.7 Å². The van der Waals surface area contributed by atoms with Crippen molar-refractivity contribution in [2.45, 2.75) is 86.8 Å². The number of pyridine rings is 1. The molecule has 4 heterocycles. The van der Waals surface area contributed by atoms with E-state index in [2.05, 4.69) is 15.4 Å². The van der Waals surface area contributed by atoms with Gasteiger partial charge in [0.25, 0.3) is 5.91 Å². The molecule has 14 nitrogen and oxygen atoms in total. The highest BCUT2D eigenvalue weighted by atomic mass is 32.2. The van der Waals surface area contributed by atoms with Crippen molar-refractivity contribution in [2.75, 3.05) is 13.7 Å². The average Bonchev–Trinajstić information content (AvgIpc) is 4.08. The number of carbonyl (C=O) groups excluding carboxylic acids is 4. The lowest BCUT2D eigenvalue weighted by Gasteiger charge is -2.29. The standard InChI is InChI=1S/C40H42FN5O9S/c1-53-39(50)43-29-15-6-4-2-3-5-11-23-21-40(23,38(49)45-56(51,52)25-17-18-25)44-36(47)31-19-24(22-46(31)37(29)48)54-33-20-30(26-12-7-9-14-28(26)41)42-34-27-13-8-10-16-32(27)55-35(33)34/h5,7-14,16,20,23-25,29,31H,2-4,6,15,17-19,21-22H2,1H3,(H,43,50)(H,44,47)(H,45,49)/t23-,24-,29+,31+,40-/m1/s1. The van der Waals surface area contributed by atoms with E-state index >= 15 is 4.39 Å². The second-order valence-corrected chi connectivity index (χ2v) is 16.9. The van der Waals surface area contributed by atoms with Gasteiger partial charge >= 0.3 is 6.09 Å². The maximum atomic E-state index is 15.1. The number of methoxy groups -OCH3 is 1. The fourth-order valence-corrected chi connectivity index (χ4v) is 9.14. The third-order valence-electron chi connectivity index (χ3n) is 11.1. The van der Waals surface area contributed by atoms with Gasteiger partial charge in [-0.05, 0) is 62.8 Å². The van der Waals surface area contributed by atoms with Crippen LogP contribution in [0.25, 0.3) is 33.3 Å². The summed E-state index contributed by atoms with van der Waals surface area (Å²) in [5.41, 5.74) is 0.210. The Labute approximate surface area is 322 Å². The summed E-state index contributed by atoms with van der Waals surface area (Å²) in [6, 6.07) is 12.8. The third kappa shape index (κ3) is 7.29.